The minimum Gasteiger partial charge on any atom is -0.382 e. The number of imidazole rings is 2. The Morgan fingerprint density at radius 3 is 1.62 bits per heavy atom. The van der Waals surface area contributed by atoms with Crippen molar-refractivity contribution in [2.75, 3.05) is 23.7 Å². The van der Waals surface area contributed by atoms with E-state index in [4.69, 9.17) is 0 Å². The summed E-state index contributed by atoms with van der Waals surface area (Å²) < 4.78 is 79.2. The molecule has 2 aliphatic rings. The number of aryl methyl sites for hydroxylation is 2. The van der Waals surface area contributed by atoms with Crippen LogP contribution in [0, 0.1) is 13.8 Å². The average Bonchev–Trinajstić information content (AvgIpc) is 4.17. The molecule has 66 heavy (non-hydrogen) atoms. The fraction of sp³-hybridized carbons (Fsp3) is 0.318. The Morgan fingerprint density at radius 1 is 0.667 bits per heavy atom. The van der Waals surface area contributed by atoms with E-state index in [1.54, 1.807) is 64.3 Å². The van der Waals surface area contributed by atoms with Gasteiger partial charge in [-0.25, -0.2) is 24.0 Å². The Kier molecular flexibility index (Phi) is 13.5. The smallest absolute Gasteiger partial charge is 0.382 e. The molecular weight excluding hydrogens is 955 g/mol. The summed E-state index contributed by atoms with van der Waals surface area (Å²) in [5.41, 5.74) is 7.40. The molecule has 344 valence electrons. The second kappa shape index (κ2) is 19.3. The molecule has 2 aromatic carbocycles. The molecule has 0 radical (unpaired) electrons. The number of aromatic nitrogens is 8. The van der Waals surface area contributed by atoms with E-state index in [2.05, 4.69) is 67.3 Å². The van der Waals surface area contributed by atoms with Crippen LogP contribution in [0.25, 0.3) is 33.8 Å². The zero-order valence-electron chi connectivity index (χ0n) is 35.3. The third-order valence-electron chi connectivity index (χ3n) is 10.4. The molecule has 2 saturated carbocycles. The Hall–Kier alpha value is -6.29. The van der Waals surface area contributed by atoms with Gasteiger partial charge in [0.1, 0.15) is 14.7 Å². The van der Waals surface area contributed by atoms with Crippen molar-refractivity contribution in [2.45, 2.75) is 86.9 Å². The van der Waals surface area contributed by atoms with Crippen LogP contribution < -0.4 is 21.3 Å². The van der Waals surface area contributed by atoms with E-state index in [0.717, 1.165) is 47.9 Å². The van der Waals surface area contributed by atoms with Crippen molar-refractivity contribution >= 4 is 62.2 Å². The number of hydrogen-bond donors (Lipinski definition) is 4. The summed E-state index contributed by atoms with van der Waals surface area (Å²) in [5.74, 6) is -0.187. The second-order valence-corrected chi connectivity index (χ2v) is 17.7. The molecule has 14 nitrogen and oxygen atoms in total. The lowest BCUT2D eigenvalue weighted by Crippen LogP contribution is -2.26. The van der Waals surface area contributed by atoms with Crippen molar-refractivity contribution in [2.24, 2.45) is 0 Å². The van der Waals surface area contributed by atoms with Gasteiger partial charge in [0, 0.05) is 59.8 Å². The van der Waals surface area contributed by atoms with Gasteiger partial charge >= 0.3 is 12.4 Å². The molecule has 0 spiro atoms. The minimum absolute atomic E-state index is 0.0864. The monoisotopic (exact) mass is 994 g/mol. The molecule has 0 unspecified atom stereocenters. The number of carbonyl (C=O) groups excluding carboxylic acids is 2. The third-order valence-corrected chi connectivity index (χ3v) is 11.7. The molecule has 0 atom stereocenters. The van der Waals surface area contributed by atoms with E-state index < -0.39 is 25.2 Å². The first kappa shape index (κ1) is 46.2. The van der Waals surface area contributed by atoms with E-state index in [1.165, 1.54) is 11.8 Å². The van der Waals surface area contributed by atoms with Gasteiger partial charge in [-0.1, -0.05) is 12.1 Å². The standard InChI is InChI=1S/C24H22F3N7OS.C20H19BrF3N5O/c1-14-10-15(2-5-17(14)23(35)32-16-3-4-16)19-12-31-22-18(29-7-6-24(25,26)27)11-20(33-34(19)22)36-21-13-28-8-9-30-21;1-11-8-12(2-5-14(11)19(30)27-13-3-4-13)16-10-26-18-15(9-17(21)28-29(16)18)25-7-6-20(22,23)24/h2,5,8-13,16,29H,3-4,6-7H2,1H3,(H,32,35);2,5,8-10,13,25H,3-4,6-7H2,1H3,(H,27,30). The van der Waals surface area contributed by atoms with Gasteiger partial charge in [0.25, 0.3) is 11.8 Å². The highest BCUT2D eigenvalue weighted by atomic mass is 79.9. The van der Waals surface area contributed by atoms with Gasteiger partial charge in [0.15, 0.2) is 11.3 Å². The van der Waals surface area contributed by atoms with Crippen molar-refractivity contribution in [3.8, 4) is 22.5 Å². The number of carbonyl (C=O) groups is 2. The number of alkyl halides is 6. The number of anilines is 2. The number of rotatable bonds is 14. The van der Waals surface area contributed by atoms with Gasteiger partial charge in [0.2, 0.25) is 0 Å². The van der Waals surface area contributed by atoms with Crippen LogP contribution in [0.5, 0.6) is 0 Å². The SMILES string of the molecule is Cc1cc(-c2cnc3c(NCCC(F)(F)F)cc(Br)nn23)ccc1C(=O)NC1CC1.Cc1cc(-c2cnc3c(NCCC(F)(F)F)cc(Sc4cnccn4)nn23)ccc1C(=O)NC1CC1. The maximum atomic E-state index is 12.7. The lowest BCUT2D eigenvalue weighted by Gasteiger charge is -2.12. The van der Waals surface area contributed by atoms with E-state index in [9.17, 15) is 35.9 Å². The first-order chi connectivity index (χ1) is 31.5. The molecule has 9 rings (SSSR count). The summed E-state index contributed by atoms with van der Waals surface area (Å²) in [4.78, 5) is 41.9. The molecule has 22 heteroatoms. The number of fused-ring (bicyclic) bond motifs is 2. The summed E-state index contributed by atoms with van der Waals surface area (Å²) in [6.07, 6.45) is 1.52. The molecule has 0 aliphatic heterocycles. The van der Waals surface area contributed by atoms with E-state index >= 15 is 0 Å². The summed E-state index contributed by atoms with van der Waals surface area (Å²) in [5, 5.41) is 21.8. The Labute approximate surface area is 385 Å². The summed E-state index contributed by atoms with van der Waals surface area (Å²) in [6, 6.07) is 14.7. The quantitative estimate of drug-likeness (QED) is 0.0766. The average molecular weight is 996 g/mol. The van der Waals surface area contributed by atoms with Gasteiger partial charge in [0.05, 0.1) is 54.2 Å². The molecule has 0 saturated heterocycles. The summed E-state index contributed by atoms with van der Waals surface area (Å²) >= 11 is 4.54. The Bertz CT molecular complexity index is 2900. The van der Waals surface area contributed by atoms with Crippen molar-refractivity contribution in [3.05, 3.63) is 106 Å². The van der Waals surface area contributed by atoms with E-state index in [-0.39, 0.29) is 37.0 Å². The number of nitrogens with one attached hydrogen (secondary N) is 4. The topological polar surface area (TPSA) is 168 Å². The molecular formula is C44H41BrF6N12O2S. The largest absolute Gasteiger partial charge is 0.390 e. The number of amides is 2. The van der Waals surface area contributed by atoms with Crippen LogP contribution in [0.15, 0.2) is 94.2 Å². The fourth-order valence-corrected chi connectivity index (χ4v) is 7.98. The van der Waals surface area contributed by atoms with E-state index in [0.29, 0.717) is 59.8 Å². The van der Waals surface area contributed by atoms with Crippen LogP contribution in [-0.2, 0) is 0 Å². The van der Waals surface area contributed by atoms with Gasteiger partial charge in [-0.05, 0) is 115 Å². The molecule has 2 aliphatic carbocycles. The molecule has 0 bridgehead atoms. The normalized spacial score (nSPS) is 13.9. The highest BCUT2D eigenvalue weighted by Gasteiger charge is 2.29. The predicted molar refractivity (Wildman–Crippen MR) is 239 cm³/mol. The Balaban J connectivity index is 0.000000182. The van der Waals surface area contributed by atoms with Crippen LogP contribution in [0.1, 0.15) is 70.4 Å². The van der Waals surface area contributed by atoms with Crippen LogP contribution in [0.3, 0.4) is 0 Å². The van der Waals surface area contributed by atoms with Crippen LogP contribution in [-0.4, -0.2) is 88.5 Å². The first-order valence-electron chi connectivity index (χ1n) is 20.8. The highest BCUT2D eigenvalue weighted by molar-refractivity contribution is 9.10. The van der Waals surface area contributed by atoms with Gasteiger partial charge in [-0.15, -0.1) is 0 Å². The van der Waals surface area contributed by atoms with Crippen LogP contribution in [0.4, 0.5) is 37.7 Å². The van der Waals surface area contributed by atoms with Gasteiger partial charge < -0.3 is 21.3 Å². The lowest BCUT2D eigenvalue weighted by atomic mass is 10.0. The minimum atomic E-state index is -4.28. The summed E-state index contributed by atoms with van der Waals surface area (Å²) in [7, 11) is 0. The van der Waals surface area contributed by atoms with Crippen molar-refractivity contribution in [1.29, 1.82) is 0 Å². The van der Waals surface area contributed by atoms with Crippen molar-refractivity contribution in [1.82, 2.24) is 49.8 Å². The number of hydrogen-bond acceptors (Lipinski definition) is 11. The number of halogens is 7. The van der Waals surface area contributed by atoms with Gasteiger partial charge in [-0.3, -0.25) is 14.6 Å². The zero-order chi connectivity index (χ0) is 46.8. The van der Waals surface area contributed by atoms with Crippen molar-refractivity contribution < 1.29 is 35.9 Å². The Morgan fingerprint density at radius 2 is 1.17 bits per heavy atom. The van der Waals surface area contributed by atoms with Crippen LogP contribution >= 0.6 is 27.7 Å². The van der Waals surface area contributed by atoms with Crippen LogP contribution in [0.2, 0.25) is 0 Å². The highest BCUT2D eigenvalue weighted by Crippen LogP contribution is 2.33. The fourth-order valence-electron chi connectivity index (χ4n) is 6.85. The second-order valence-electron chi connectivity index (χ2n) is 15.8. The maximum absolute atomic E-state index is 12.7. The maximum Gasteiger partial charge on any atom is 0.390 e. The molecule has 4 N–H and O–H groups in total. The van der Waals surface area contributed by atoms with E-state index in [1.807, 2.05) is 38.1 Å². The lowest BCUT2D eigenvalue weighted by molar-refractivity contribution is -0.132. The summed E-state index contributed by atoms with van der Waals surface area (Å²) in [6.45, 7) is 3.16. The molecule has 2 amide bonds. The zero-order valence-corrected chi connectivity index (χ0v) is 37.7. The number of benzene rings is 2. The predicted octanol–water partition coefficient (Wildman–Crippen LogP) is 9.63. The molecule has 5 heterocycles. The first-order valence-corrected chi connectivity index (χ1v) is 22.4. The molecule has 2 fully saturated rings. The van der Waals surface area contributed by atoms with Crippen molar-refractivity contribution in [3.63, 3.8) is 0 Å². The molecule has 5 aromatic heterocycles. The third kappa shape index (κ3) is 11.7. The molecule has 7 aromatic rings. The number of nitrogens with zero attached hydrogens (tertiary/aromatic N) is 8. The van der Waals surface area contributed by atoms with Gasteiger partial charge in [-0.2, -0.15) is 36.5 Å².